The van der Waals surface area contributed by atoms with Crippen LogP contribution in [0, 0.1) is 0 Å². The molecule has 17 heavy (non-hydrogen) atoms. The Balaban J connectivity index is 0. The molecule has 0 spiro atoms. The van der Waals surface area contributed by atoms with Crippen LogP contribution in [0.1, 0.15) is 27.2 Å². The zero-order valence-corrected chi connectivity index (χ0v) is 11.8. The van der Waals surface area contributed by atoms with Crippen LogP contribution in [-0.2, 0) is 18.1 Å². The topological polar surface area (TPSA) is 85.2 Å². The fourth-order valence-electron chi connectivity index (χ4n) is 1.30. The first-order valence-electron chi connectivity index (χ1n) is 5.76. The van der Waals surface area contributed by atoms with E-state index in [1.807, 2.05) is 20.8 Å². The van der Waals surface area contributed by atoms with E-state index in [4.69, 9.17) is 28.3 Å². The van der Waals surface area contributed by atoms with E-state index in [2.05, 4.69) is 0 Å². The van der Waals surface area contributed by atoms with Gasteiger partial charge in [-0.3, -0.25) is 4.79 Å². The standard InChI is InChI=1S/C9H22O4Si.CH2O2/c1-4-11-14(12-5-2,13-6-3)9-7-8-10;2-1-3/h10H,4-9H2,1-3H3;1H,(H,2,3). The number of carbonyl (C=O) groups is 1. The Kier molecular flexibility index (Phi) is 15.1. The Morgan fingerprint density at radius 1 is 1.06 bits per heavy atom. The number of aliphatic hydroxyl groups is 1. The van der Waals surface area contributed by atoms with Crippen molar-refractivity contribution in [1.29, 1.82) is 0 Å². The van der Waals surface area contributed by atoms with E-state index in [1.165, 1.54) is 0 Å². The van der Waals surface area contributed by atoms with Gasteiger partial charge in [0.25, 0.3) is 6.47 Å². The number of rotatable bonds is 9. The van der Waals surface area contributed by atoms with Crippen molar-refractivity contribution >= 4 is 15.3 Å². The van der Waals surface area contributed by atoms with Crippen molar-refractivity contribution in [3.8, 4) is 0 Å². The SMILES string of the molecule is CCO[Si](CCCO)(OCC)OCC.O=CO. The molecule has 0 bridgehead atoms. The number of hydrogen-bond donors (Lipinski definition) is 2. The van der Waals surface area contributed by atoms with Gasteiger partial charge in [-0.25, -0.2) is 0 Å². The third kappa shape index (κ3) is 10.4. The lowest BCUT2D eigenvalue weighted by Crippen LogP contribution is -2.46. The van der Waals surface area contributed by atoms with E-state index in [0.29, 0.717) is 32.3 Å². The van der Waals surface area contributed by atoms with E-state index in [0.717, 1.165) is 0 Å². The molecule has 0 aliphatic carbocycles. The summed E-state index contributed by atoms with van der Waals surface area (Å²) in [5.74, 6) is 0. The average Bonchev–Trinajstić information content (AvgIpc) is 2.29. The second-order valence-corrected chi connectivity index (χ2v) is 5.65. The summed E-state index contributed by atoms with van der Waals surface area (Å²) >= 11 is 0. The molecule has 104 valence electrons. The summed E-state index contributed by atoms with van der Waals surface area (Å²) in [6.45, 7) is 7.48. The smallest absolute Gasteiger partial charge is 0.483 e. The number of carboxylic acid groups (broad SMARTS) is 1. The molecule has 0 unspecified atom stereocenters. The molecule has 0 aliphatic rings. The fraction of sp³-hybridized carbons (Fsp3) is 0.900. The highest BCUT2D eigenvalue weighted by molar-refractivity contribution is 6.60. The van der Waals surface area contributed by atoms with E-state index in [9.17, 15) is 0 Å². The molecule has 0 saturated heterocycles. The second kappa shape index (κ2) is 13.6. The molecular formula is C10H24O6Si. The predicted octanol–water partition coefficient (Wildman–Crippen LogP) is 1.12. The van der Waals surface area contributed by atoms with Gasteiger partial charge >= 0.3 is 8.80 Å². The van der Waals surface area contributed by atoms with Gasteiger partial charge in [0.05, 0.1) is 0 Å². The van der Waals surface area contributed by atoms with Crippen molar-refractivity contribution in [3.63, 3.8) is 0 Å². The Hall–Kier alpha value is -0.473. The zero-order valence-electron chi connectivity index (χ0n) is 10.8. The van der Waals surface area contributed by atoms with Gasteiger partial charge in [-0.1, -0.05) is 0 Å². The van der Waals surface area contributed by atoms with Crippen LogP contribution in [0.2, 0.25) is 6.04 Å². The van der Waals surface area contributed by atoms with Gasteiger partial charge in [0.1, 0.15) is 0 Å². The van der Waals surface area contributed by atoms with Crippen LogP contribution in [0.3, 0.4) is 0 Å². The van der Waals surface area contributed by atoms with Crippen molar-refractivity contribution in [3.05, 3.63) is 0 Å². The normalized spacial score (nSPS) is 10.6. The van der Waals surface area contributed by atoms with Gasteiger partial charge in [0, 0.05) is 32.5 Å². The Morgan fingerprint density at radius 2 is 1.41 bits per heavy atom. The highest BCUT2D eigenvalue weighted by Gasteiger charge is 2.39. The second-order valence-electron chi connectivity index (χ2n) is 2.91. The summed E-state index contributed by atoms with van der Waals surface area (Å²) in [6.07, 6.45) is 0.673. The highest BCUT2D eigenvalue weighted by atomic mass is 28.4. The monoisotopic (exact) mass is 268 g/mol. The van der Waals surface area contributed by atoms with Gasteiger partial charge in [0.2, 0.25) is 0 Å². The molecular weight excluding hydrogens is 244 g/mol. The van der Waals surface area contributed by atoms with Crippen molar-refractivity contribution in [2.24, 2.45) is 0 Å². The van der Waals surface area contributed by atoms with Gasteiger partial charge < -0.3 is 23.5 Å². The van der Waals surface area contributed by atoms with Crippen molar-refractivity contribution < 1.29 is 28.3 Å². The first kappa shape index (κ1) is 18.9. The van der Waals surface area contributed by atoms with E-state index >= 15 is 0 Å². The molecule has 2 N–H and O–H groups in total. The van der Waals surface area contributed by atoms with Crippen LogP contribution >= 0.6 is 0 Å². The van der Waals surface area contributed by atoms with Crippen molar-refractivity contribution in [2.45, 2.75) is 33.2 Å². The molecule has 0 aliphatic heterocycles. The summed E-state index contributed by atoms with van der Waals surface area (Å²) in [5, 5.41) is 15.7. The molecule has 0 aromatic heterocycles. The Bertz CT molecular complexity index is 150. The zero-order chi connectivity index (χ0) is 13.6. The molecule has 6 nitrogen and oxygen atoms in total. The summed E-state index contributed by atoms with van der Waals surface area (Å²) in [5.41, 5.74) is 0. The Labute approximate surface area is 104 Å². The third-order valence-electron chi connectivity index (χ3n) is 1.73. The minimum absolute atomic E-state index is 0.155. The maximum Gasteiger partial charge on any atom is 0.501 e. The predicted molar refractivity (Wildman–Crippen MR) is 65.8 cm³/mol. The van der Waals surface area contributed by atoms with Crippen LogP contribution in [-0.4, -0.2) is 51.9 Å². The van der Waals surface area contributed by atoms with E-state index in [-0.39, 0.29) is 13.1 Å². The quantitative estimate of drug-likeness (QED) is 0.481. The average molecular weight is 268 g/mol. The highest BCUT2D eigenvalue weighted by Crippen LogP contribution is 2.17. The summed E-state index contributed by atoms with van der Waals surface area (Å²) in [7, 11) is -2.48. The number of hydrogen-bond acceptors (Lipinski definition) is 5. The van der Waals surface area contributed by atoms with E-state index in [1.54, 1.807) is 0 Å². The molecule has 0 heterocycles. The largest absolute Gasteiger partial charge is 0.501 e. The van der Waals surface area contributed by atoms with Crippen molar-refractivity contribution in [2.75, 3.05) is 26.4 Å². The first-order valence-corrected chi connectivity index (χ1v) is 7.70. The molecule has 0 aromatic carbocycles. The first-order chi connectivity index (χ1) is 8.16. The molecule has 0 aromatic rings. The lowest BCUT2D eigenvalue weighted by molar-refractivity contribution is -0.122. The van der Waals surface area contributed by atoms with Crippen LogP contribution in [0.25, 0.3) is 0 Å². The van der Waals surface area contributed by atoms with Crippen LogP contribution in [0.5, 0.6) is 0 Å². The molecule has 0 rings (SSSR count). The lowest BCUT2D eigenvalue weighted by Gasteiger charge is -2.28. The van der Waals surface area contributed by atoms with Crippen LogP contribution in [0.4, 0.5) is 0 Å². The maximum absolute atomic E-state index is 8.79. The number of aliphatic hydroxyl groups excluding tert-OH is 1. The minimum Gasteiger partial charge on any atom is -0.483 e. The Morgan fingerprint density at radius 3 is 1.65 bits per heavy atom. The van der Waals surface area contributed by atoms with Gasteiger partial charge in [-0.15, -0.1) is 0 Å². The summed E-state index contributed by atoms with van der Waals surface area (Å²) < 4.78 is 16.8. The van der Waals surface area contributed by atoms with Crippen molar-refractivity contribution in [1.82, 2.24) is 0 Å². The molecule has 0 fully saturated rings. The molecule has 0 amide bonds. The van der Waals surface area contributed by atoms with Gasteiger partial charge in [0.15, 0.2) is 0 Å². The molecule has 0 radical (unpaired) electrons. The molecule has 7 heteroatoms. The molecule has 0 saturated carbocycles. The third-order valence-corrected chi connectivity index (χ3v) is 4.89. The summed E-state index contributed by atoms with van der Waals surface area (Å²) in [6, 6.07) is 0.693. The van der Waals surface area contributed by atoms with Crippen LogP contribution < -0.4 is 0 Å². The maximum atomic E-state index is 8.79. The van der Waals surface area contributed by atoms with Gasteiger partial charge in [-0.05, 0) is 27.2 Å². The summed E-state index contributed by atoms with van der Waals surface area (Å²) in [4.78, 5) is 8.36. The van der Waals surface area contributed by atoms with Crippen LogP contribution in [0.15, 0.2) is 0 Å². The van der Waals surface area contributed by atoms with E-state index < -0.39 is 8.80 Å². The van der Waals surface area contributed by atoms with Gasteiger partial charge in [-0.2, -0.15) is 0 Å². The minimum atomic E-state index is -2.48. The molecule has 0 atom stereocenters. The fourth-order valence-corrected chi connectivity index (χ4v) is 3.89. The lowest BCUT2D eigenvalue weighted by atomic mass is 10.5.